The maximum Gasteiger partial charge on any atom is 0.315 e. The van der Waals surface area contributed by atoms with Crippen LogP contribution in [0.15, 0.2) is 18.2 Å². The Bertz CT molecular complexity index is 1080. The van der Waals surface area contributed by atoms with Crippen LogP contribution in [-0.4, -0.2) is 69.8 Å². The van der Waals surface area contributed by atoms with Crippen molar-refractivity contribution in [2.45, 2.75) is 50.7 Å². The van der Waals surface area contributed by atoms with Gasteiger partial charge in [0.25, 0.3) is 5.91 Å². The molecule has 0 saturated carbocycles. The molecule has 1 aromatic carbocycles. The minimum Gasteiger partial charge on any atom is -0.351 e. The number of carbonyl (C=O) groups is 2. The van der Waals surface area contributed by atoms with Crippen molar-refractivity contribution in [3.8, 4) is 11.3 Å². The number of carbonyl (C=O) groups excluding carboxylic acids is 2. The van der Waals surface area contributed by atoms with E-state index < -0.39 is 6.03 Å². The van der Waals surface area contributed by atoms with Gasteiger partial charge >= 0.3 is 6.03 Å². The number of urea groups is 1. The Morgan fingerprint density at radius 3 is 2.70 bits per heavy atom. The molecule has 2 fully saturated rings. The summed E-state index contributed by atoms with van der Waals surface area (Å²) in [6.07, 6.45) is 5.16. The van der Waals surface area contributed by atoms with E-state index in [1.165, 1.54) is 19.3 Å². The number of likely N-dealkylation sites (tertiary alicyclic amines) is 1. The van der Waals surface area contributed by atoms with Crippen molar-refractivity contribution in [1.29, 1.82) is 0 Å². The van der Waals surface area contributed by atoms with Crippen molar-refractivity contribution in [1.82, 2.24) is 24.9 Å². The van der Waals surface area contributed by atoms with Gasteiger partial charge < -0.3 is 16.0 Å². The maximum absolute atomic E-state index is 13.8. The second kappa shape index (κ2) is 9.52. The second-order valence-electron chi connectivity index (χ2n) is 9.05. The predicted molar refractivity (Wildman–Crippen MR) is 135 cm³/mol. The highest BCUT2D eigenvalue weighted by atomic mass is 127. The fourth-order valence-electron chi connectivity index (χ4n) is 5.38. The van der Waals surface area contributed by atoms with Gasteiger partial charge in [-0.25, -0.2) is 9.48 Å². The van der Waals surface area contributed by atoms with E-state index in [1.54, 1.807) is 9.58 Å². The summed E-state index contributed by atoms with van der Waals surface area (Å²) in [5, 5.41) is 8.95. The molecule has 2 atom stereocenters. The van der Waals surface area contributed by atoms with Gasteiger partial charge in [-0.2, -0.15) is 5.10 Å². The Labute approximate surface area is 211 Å². The Morgan fingerprint density at radius 1 is 1.18 bits per heavy atom. The largest absolute Gasteiger partial charge is 0.351 e. The Morgan fingerprint density at radius 2 is 1.97 bits per heavy atom. The van der Waals surface area contributed by atoms with Crippen LogP contribution in [-0.2, 0) is 13.0 Å². The lowest BCUT2D eigenvalue weighted by atomic mass is 10.00. The summed E-state index contributed by atoms with van der Waals surface area (Å²) in [5.41, 5.74) is 8.94. The molecule has 2 saturated heterocycles. The van der Waals surface area contributed by atoms with Crippen molar-refractivity contribution < 1.29 is 9.59 Å². The molecule has 3 aliphatic rings. The number of fused-ring (bicyclic) bond motifs is 1. The van der Waals surface area contributed by atoms with Crippen LogP contribution in [0.4, 0.5) is 4.79 Å². The molecule has 0 radical (unpaired) electrons. The van der Waals surface area contributed by atoms with Crippen molar-refractivity contribution >= 4 is 46.1 Å². The monoisotopic (exact) mass is 582 g/mol. The minimum absolute atomic E-state index is 0.0123. The molecule has 3 N–H and O–H groups in total. The van der Waals surface area contributed by atoms with Gasteiger partial charge in [-0.05, 0) is 73.6 Å². The molecule has 0 bridgehead atoms. The third-order valence-corrected chi connectivity index (χ3v) is 8.63. The Hall–Kier alpha value is -1.69. The summed E-state index contributed by atoms with van der Waals surface area (Å²) in [5.74, 6) is -0.0123. The number of piperidine rings is 1. The number of hydrogen-bond acceptors (Lipinski definition) is 5. The molecular weight excluding hydrogens is 555 g/mol. The third kappa shape index (κ3) is 4.40. The normalized spacial score (nSPS) is 23.5. The average molecular weight is 583 g/mol. The molecule has 10 heteroatoms. The molecule has 33 heavy (non-hydrogen) atoms. The fraction of sp³-hybridized carbons (Fsp3) is 0.522. The van der Waals surface area contributed by atoms with Crippen LogP contribution in [0.1, 0.15) is 41.7 Å². The number of nitrogens with one attached hydrogen (secondary N) is 1. The first-order chi connectivity index (χ1) is 15.9. The topological polar surface area (TPSA) is 96.5 Å². The predicted octanol–water partition coefficient (Wildman–Crippen LogP) is 3.10. The van der Waals surface area contributed by atoms with Crippen LogP contribution in [0.3, 0.4) is 0 Å². The molecule has 3 aliphatic heterocycles. The van der Waals surface area contributed by atoms with Crippen LogP contribution in [0, 0.1) is 3.57 Å². The molecule has 0 aliphatic carbocycles. The highest BCUT2D eigenvalue weighted by Crippen LogP contribution is 2.33. The van der Waals surface area contributed by atoms with Gasteiger partial charge in [0.05, 0.1) is 23.0 Å². The molecule has 1 aromatic heterocycles. The third-order valence-electron chi connectivity index (χ3n) is 7.09. The lowest BCUT2D eigenvalue weighted by Crippen LogP contribution is -2.51. The SMILES string of the molecule is NC(=O)N1CCc2c(c(-c3ccc(Cl)c(I)c3)nn2C(=O)[C@H]2NCCC2N2CCCCC2)C1. The number of aromatic nitrogens is 2. The number of hydrogen-bond donors (Lipinski definition) is 2. The fourth-order valence-corrected chi connectivity index (χ4v) is 6.01. The lowest BCUT2D eigenvalue weighted by molar-refractivity contribution is 0.0756. The molecule has 2 amide bonds. The van der Waals surface area contributed by atoms with E-state index in [1.807, 2.05) is 18.2 Å². The van der Waals surface area contributed by atoms with Crippen LogP contribution < -0.4 is 11.1 Å². The summed E-state index contributed by atoms with van der Waals surface area (Å²) in [6.45, 7) is 3.76. The maximum atomic E-state index is 13.8. The van der Waals surface area contributed by atoms with Gasteiger partial charge in [-0.3, -0.25) is 9.69 Å². The van der Waals surface area contributed by atoms with Gasteiger partial charge in [0.2, 0.25) is 0 Å². The van der Waals surface area contributed by atoms with Crippen molar-refractivity contribution in [2.24, 2.45) is 5.73 Å². The van der Waals surface area contributed by atoms with Crippen molar-refractivity contribution in [2.75, 3.05) is 26.2 Å². The second-order valence-corrected chi connectivity index (χ2v) is 10.6. The molecule has 4 heterocycles. The minimum atomic E-state index is -0.459. The van der Waals surface area contributed by atoms with Gasteiger partial charge in [-0.1, -0.05) is 24.1 Å². The number of primary amides is 1. The van der Waals surface area contributed by atoms with Crippen molar-refractivity contribution in [3.05, 3.63) is 38.0 Å². The number of nitrogens with zero attached hydrogens (tertiary/aromatic N) is 4. The summed E-state index contributed by atoms with van der Waals surface area (Å²) < 4.78 is 2.51. The molecule has 1 unspecified atom stereocenters. The number of rotatable bonds is 3. The highest BCUT2D eigenvalue weighted by molar-refractivity contribution is 14.1. The first kappa shape index (κ1) is 23.1. The summed E-state index contributed by atoms with van der Waals surface area (Å²) in [6, 6.07) is 5.18. The molecule has 0 spiro atoms. The molecule has 8 nitrogen and oxygen atoms in total. The smallest absolute Gasteiger partial charge is 0.315 e. The van der Waals surface area contributed by atoms with E-state index in [0.29, 0.717) is 30.2 Å². The van der Waals surface area contributed by atoms with Crippen molar-refractivity contribution in [3.63, 3.8) is 0 Å². The van der Waals surface area contributed by atoms with E-state index in [4.69, 9.17) is 22.4 Å². The van der Waals surface area contributed by atoms with E-state index in [-0.39, 0.29) is 18.0 Å². The Balaban J connectivity index is 1.53. The number of halogens is 2. The van der Waals surface area contributed by atoms with Gasteiger partial charge in [0.15, 0.2) is 0 Å². The van der Waals surface area contributed by atoms with E-state index in [2.05, 4.69) is 32.8 Å². The Kier molecular flexibility index (Phi) is 6.65. The van der Waals surface area contributed by atoms with Crippen LogP contribution in [0.25, 0.3) is 11.3 Å². The zero-order chi connectivity index (χ0) is 23.1. The van der Waals surface area contributed by atoms with Gasteiger partial charge in [0, 0.05) is 33.7 Å². The summed E-state index contributed by atoms with van der Waals surface area (Å²) in [7, 11) is 0. The number of amides is 2. The number of benzene rings is 1. The van der Waals surface area contributed by atoms with Crippen LogP contribution in [0.5, 0.6) is 0 Å². The number of nitrogens with two attached hydrogens (primary N) is 1. The molecular formula is C23H28ClIN6O2. The first-order valence-electron chi connectivity index (χ1n) is 11.6. The highest BCUT2D eigenvalue weighted by Gasteiger charge is 2.40. The van der Waals surface area contributed by atoms with E-state index in [0.717, 1.165) is 46.4 Å². The van der Waals surface area contributed by atoms with E-state index >= 15 is 0 Å². The standard InChI is InChI=1S/C23H28ClIN6O2/c24-16-5-4-14(12-17(16)25)20-15-13-30(23(26)33)11-7-18(15)31(28-20)22(32)21-19(6-8-27-21)29-9-2-1-3-10-29/h4-5,12,19,21,27H,1-3,6-11,13H2,(H2,26,33)/t19?,21-/m0/s1. The van der Waals surface area contributed by atoms with Gasteiger partial charge in [0.1, 0.15) is 6.04 Å². The summed E-state index contributed by atoms with van der Waals surface area (Å²) >= 11 is 8.43. The molecule has 2 aromatic rings. The van der Waals surface area contributed by atoms with Gasteiger partial charge in [-0.15, -0.1) is 0 Å². The van der Waals surface area contributed by atoms with Crippen LogP contribution >= 0.6 is 34.2 Å². The zero-order valence-electron chi connectivity index (χ0n) is 18.4. The molecule has 5 rings (SSSR count). The molecule has 176 valence electrons. The van der Waals surface area contributed by atoms with E-state index in [9.17, 15) is 9.59 Å². The first-order valence-corrected chi connectivity index (χ1v) is 13.0. The average Bonchev–Trinajstić information content (AvgIpc) is 3.46. The zero-order valence-corrected chi connectivity index (χ0v) is 21.3. The van der Waals surface area contributed by atoms with Crippen LogP contribution in [0.2, 0.25) is 5.02 Å². The lowest BCUT2D eigenvalue weighted by Gasteiger charge is -2.34. The quantitative estimate of drug-likeness (QED) is 0.543. The summed E-state index contributed by atoms with van der Waals surface area (Å²) in [4.78, 5) is 29.8.